The Morgan fingerprint density at radius 3 is 2.73 bits per heavy atom. The second-order valence-corrected chi connectivity index (χ2v) is 7.23. The van der Waals surface area contributed by atoms with Gasteiger partial charge in [0.2, 0.25) is 5.82 Å². The molecular formula is C20H25FN2O3. The molecule has 2 saturated heterocycles. The zero-order valence-corrected chi connectivity index (χ0v) is 15.1. The first kappa shape index (κ1) is 18.6. The van der Waals surface area contributed by atoms with Crippen molar-refractivity contribution in [3.63, 3.8) is 0 Å². The van der Waals surface area contributed by atoms with Crippen LogP contribution in [0.15, 0.2) is 42.5 Å². The Bertz CT molecular complexity index is 714. The maximum Gasteiger partial charge on any atom is 0.327 e. The second-order valence-electron chi connectivity index (χ2n) is 7.23. The van der Waals surface area contributed by atoms with Crippen LogP contribution in [-0.2, 0) is 4.74 Å². The molecule has 2 heterocycles. The van der Waals surface area contributed by atoms with Crippen molar-refractivity contribution < 1.29 is 14.1 Å². The van der Waals surface area contributed by atoms with E-state index in [9.17, 15) is 14.5 Å². The van der Waals surface area contributed by atoms with E-state index in [4.69, 9.17) is 4.74 Å². The van der Waals surface area contributed by atoms with E-state index in [1.807, 2.05) is 17.1 Å². The lowest BCUT2D eigenvalue weighted by Gasteiger charge is -2.46. The van der Waals surface area contributed by atoms with E-state index in [0.717, 1.165) is 31.7 Å². The Morgan fingerprint density at radius 1 is 1.42 bits per heavy atom. The summed E-state index contributed by atoms with van der Waals surface area (Å²) in [5.74, 6) is -0.352. The number of allylic oxidation sites excluding steroid dienone is 2. The van der Waals surface area contributed by atoms with Gasteiger partial charge in [-0.05, 0) is 44.7 Å². The molecule has 6 heteroatoms. The Hall–Kier alpha value is -2.21. The standard InChI is InChI=1S/C20H25FN2O3/c1-3-5-15(2)16-8-9-20(26-14-16)10-12-22(13-11-20)18-7-4-6-17(21)19(18)23(24)25/h3-7,16H,1,8-14H2,2H3/b15-5+. The molecule has 1 spiro atoms. The third kappa shape index (κ3) is 3.65. The molecule has 0 aromatic heterocycles. The third-order valence-electron chi connectivity index (χ3n) is 5.73. The first-order chi connectivity index (χ1) is 12.5. The third-order valence-corrected chi connectivity index (χ3v) is 5.73. The molecule has 26 heavy (non-hydrogen) atoms. The molecule has 140 valence electrons. The average Bonchev–Trinajstić information content (AvgIpc) is 2.62. The van der Waals surface area contributed by atoms with Crippen molar-refractivity contribution in [1.29, 1.82) is 0 Å². The highest BCUT2D eigenvalue weighted by atomic mass is 19.1. The Labute approximate surface area is 153 Å². The first-order valence-electron chi connectivity index (χ1n) is 9.07. The van der Waals surface area contributed by atoms with E-state index in [2.05, 4.69) is 13.5 Å². The molecule has 0 radical (unpaired) electrons. The minimum Gasteiger partial charge on any atom is -0.374 e. The highest BCUT2D eigenvalue weighted by molar-refractivity contribution is 5.64. The minimum absolute atomic E-state index is 0.149. The lowest BCUT2D eigenvalue weighted by Crippen LogP contribution is -2.49. The van der Waals surface area contributed by atoms with Crippen LogP contribution in [0.1, 0.15) is 32.6 Å². The van der Waals surface area contributed by atoms with Gasteiger partial charge in [0, 0.05) is 19.0 Å². The molecular weight excluding hydrogens is 335 g/mol. The van der Waals surface area contributed by atoms with Gasteiger partial charge >= 0.3 is 5.69 Å². The summed E-state index contributed by atoms with van der Waals surface area (Å²) in [6.45, 7) is 7.83. The summed E-state index contributed by atoms with van der Waals surface area (Å²) in [5, 5.41) is 11.2. The highest BCUT2D eigenvalue weighted by Gasteiger charge is 2.40. The van der Waals surface area contributed by atoms with Crippen molar-refractivity contribution in [3.8, 4) is 0 Å². The zero-order chi connectivity index (χ0) is 18.7. The van der Waals surface area contributed by atoms with Crippen LogP contribution in [0.25, 0.3) is 0 Å². The number of piperidine rings is 1. The van der Waals surface area contributed by atoms with Gasteiger partial charge < -0.3 is 9.64 Å². The molecule has 0 amide bonds. The molecule has 3 rings (SSSR count). The number of nitro benzene ring substituents is 1. The molecule has 0 saturated carbocycles. The minimum atomic E-state index is -0.783. The number of benzene rings is 1. The molecule has 1 aromatic rings. The summed E-state index contributed by atoms with van der Waals surface area (Å²) >= 11 is 0. The van der Waals surface area contributed by atoms with Gasteiger partial charge in [-0.25, -0.2) is 0 Å². The number of ether oxygens (including phenoxy) is 1. The molecule has 0 N–H and O–H groups in total. The molecule has 0 aliphatic carbocycles. The van der Waals surface area contributed by atoms with Crippen LogP contribution < -0.4 is 4.90 Å². The maximum atomic E-state index is 13.9. The first-order valence-corrected chi connectivity index (χ1v) is 9.07. The van der Waals surface area contributed by atoms with Crippen LogP contribution in [0.3, 0.4) is 0 Å². The highest BCUT2D eigenvalue weighted by Crippen LogP contribution is 2.41. The monoisotopic (exact) mass is 360 g/mol. The molecule has 2 aliphatic heterocycles. The predicted molar refractivity (Wildman–Crippen MR) is 99.9 cm³/mol. The average molecular weight is 360 g/mol. The van der Waals surface area contributed by atoms with Crippen molar-refractivity contribution >= 4 is 11.4 Å². The van der Waals surface area contributed by atoms with E-state index in [1.54, 1.807) is 6.07 Å². The number of rotatable bonds is 4. The van der Waals surface area contributed by atoms with Crippen LogP contribution in [-0.4, -0.2) is 30.2 Å². The Morgan fingerprint density at radius 2 is 2.15 bits per heavy atom. The number of para-hydroxylation sites is 1. The lowest BCUT2D eigenvalue weighted by molar-refractivity contribution is -0.386. The number of nitrogens with zero attached hydrogens (tertiary/aromatic N) is 2. The molecule has 1 atom stereocenters. The topological polar surface area (TPSA) is 55.6 Å². The van der Waals surface area contributed by atoms with Gasteiger partial charge in [0.05, 0.1) is 17.1 Å². The van der Waals surface area contributed by atoms with Crippen LogP contribution in [0, 0.1) is 21.8 Å². The van der Waals surface area contributed by atoms with Gasteiger partial charge in [0.1, 0.15) is 5.69 Å². The normalized spacial score (nSPS) is 23.1. The van der Waals surface area contributed by atoms with E-state index in [1.165, 1.54) is 11.6 Å². The van der Waals surface area contributed by atoms with Crippen LogP contribution in [0.4, 0.5) is 15.8 Å². The molecule has 1 unspecified atom stereocenters. The zero-order valence-electron chi connectivity index (χ0n) is 15.1. The van der Waals surface area contributed by atoms with Gasteiger partial charge in [-0.3, -0.25) is 10.1 Å². The van der Waals surface area contributed by atoms with Gasteiger partial charge in [-0.2, -0.15) is 4.39 Å². The fraction of sp³-hybridized carbons (Fsp3) is 0.500. The molecule has 2 aliphatic rings. The Kier molecular flexibility index (Phi) is 5.41. The van der Waals surface area contributed by atoms with Crippen molar-refractivity contribution in [2.24, 2.45) is 5.92 Å². The number of hydrogen-bond acceptors (Lipinski definition) is 4. The SMILES string of the molecule is C=C/C=C(\C)C1CCC2(CCN(c3cccc(F)c3[N+](=O)[O-])CC2)OC1. The van der Waals surface area contributed by atoms with E-state index < -0.39 is 16.4 Å². The van der Waals surface area contributed by atoms with Crippen molar-refractivity contribution in [2.45, 2.75) is 38.2 Å². The summed E-state index contributed by atoms with van der Waals surface area (Å²) in [6.07, 6.45) is 7.52. The lowest BCUT2D eigenvalue weighted by atomic mass is 9.80. The van der Waals surface area contributed by atoms with Gasteiger partial charge in [-0.1, -0.05) is 30.4 Å². The molecule has 5 nitrogen and oxygen atoms in total. The largest absolute Gasteiger partial charge is 0.374 e. The number of halogens is 1. The van der Waals surface area contributed by atoms with Crippen molar-refractivity contribution in [1.82, 2.24) is 0 Å². The van der Waals surface area contributed by atoms with E-state index in [-0.39, 0.29) is 5.60 Å². The fourth-order valence-corrected chi connectivity index (χ4v) is 4.04. The van der Waals surface area contributed by atoms with Gasteiger partial charge in [-0.15, -0.1) is 0 Å². The van der Waals surface area contributed by atoms with E-state index >= 15 is 0 Å². The fourth-order valence-electron chi connectivity index (χ4n) is 4.04. The summed E-state index contributed by atoms with van der Waals surface area (Å²) < 4.78 is 20.1. The van der Waals surface area contributed by atoms with Gasteiger partial charge in [0.25, 0.3) is 0 Å². The second kappa shape index (κ2) is 7.58. The van der Waals surface area contributed by atoms with E-state index in [0.29, 0.717) is 31.3 Å². The summed E-state index contributed by atoms with van der Waals surface area (Å²) in [5.41, 5.74) is 1.08. The quantitative estimate of drug-likeness (QED) is 0.446. The molecule has 0 bridgehead atoms. The number of anilines is 1. The van der Waals surface area contributed by atoms with Gasteiger partial charge in [0.15, 0.2) is 0 Å². The maximum absolute atomic E-state index is 13.9. The summed E-state index contributed by atoms with van der Waals surface area (Å²) in [4.78, 5) is 12.5. The number of nitro groups is 1. The molecule has 2 fully saturated rings. The summed E-state index contributed by atoms with van der Waals surface area (Å²) in [6, 6.07) is 4.29. The van der Waals surface area contributed by atoms with Crippen molar-refractivity contribution in [2.75, 3.05) is 24.6 Å². The molecule has 1 aromatic carbocycles. The van der Waals surface area contributed by atoms with Crippen LogP contribution in [0.2, 0.25) is 0 Å². The van der Waals surface area contributed by atoms with Crippen molar-refractivity contribution in [3.05, 3.63) is 58.4 Å². The number of hydrogen-bond donors (Lipinski definition) is 0. The smallest absolute Gasteiger partial charge is 0.327 e. The summed E-state index contributed by atoms with van der Waals surface area (Å²) in [7, 11) is 0. The predicted octanol–water partition coefficient (Wildman–Crippen LogP) is 4.63. The van der Waals surface area contributed by atoms with Crippen LogP contribution >= 0.6 is 0 Å². The Balaban J connectivity index is 1.66. The van der Waals surface area contributed by atoms with Crippen LogP contribution in [0.5, 0.6) is 0 Å².